The second-order valence-electron chi connectivity index (χ2n) is 14.0. The van der Waals surface area contributed by atoms with Crippen molar-refractivity contribution in [2.75, 3.05) is 152 Å². The van der Waals surface area contributed by atoms with E-state index in [1.165, 1.54) is 0 Å². The molecular weight excluding hydrogens is 801 g/mol. The van der Waals surface area contributed by atoms with Crippen LogP contribution in [0, 0.1) is 0 Å². The summed E-state index contributed by atoms with van der Waals surface area (Å²) in [4.78, 5) is 25.7. The smallest absolute Gasteiger partial charge is 0.410 e. The molecule has 338 valence electrons. The Morgan fingerprint density at radius 1 is 0.482 bits per heavy atom. The summed E-state index contributed by atoms with van der Waals surface area (Å²) in [6.07, 6.45) is 2.51. The van der Waals surface area contributed by atoms with E-state index in [9.17, 15) is 9.59 Å². The maximum Gasteiger partial charge on any atom is 0.410 e. The number of hydrogen-bond donors (Lipinski definition) is 7. The molecule has 0 fully saturated rings. The SMILES string of the molecule is CCCNCCN[Si](C)(O)O[Si](C)(CCCOCCOCCOCCOCCOCCOCCOCCOCCO)O[Si](C)(C)O[Si](C)(O)CCCNCCN. The highest BCUT2D eigenvalue weighted by atomic mass is 28.5. The van der Waals surface area contributed by atoms with Gasteiger partial charge in [0.1, 0.15) is 0 Å². The number of aliphatic hydroxyl groups excluding tert-OH is 1. The van der Waals surface area contributed by atoms with Crippen LogP contribution in [-0.2, 0) is 50.2 Å². The van der Waals surface area contributed by atoms with Crippen molar-refractivity contribution in [3.05, 3.63) is 0 Å². The zero-order valence-electron chi connectivity index (χ0n) is 35.7. The highest BCUT2D eigenvalue weighted by Crippen LogP contribution is 2.27. The number of hydrogen-bond acceptors (Lipinski definition) is 18. The highest BCUT2D eigenvalue weighted by molar-refractivity contribution is 6.87. The molecule has 8 N–H and O–H groups in total. The average Bonchev–Trinajstić information content (AvgIpc) is 3.11. The lowest BCUT2D eigenvalue weighted by atomic mass is 10.5. The quantitative estimate of drug-likeness (QED) is 0.0326. The van der Waals surface area contributed by atoms with Crippen LogP contribution in [0.4, 0.5) is 0 Å². The van der Waals surface area contributed by atoms with Gasteiger partial charge in [0.05, 0.1) is 106 Å². The minimum atomic E-state index is -3.27. The molecule has 22 heteroatoms. The fourth-order valence-corrected chi connectivity index (χ4v) is 21.9. The Bertz CT molecular complexity index is 869. The summed E-state index contributed by atoms with van der Waals surface area (Å²) >= 11 is 0. The zero-order valence-corrected chi connectivity index (χ0v) is 39.7. The molecule has 0 aromatic rings. The third-order valence-corrected chi connectivity index (χ3v) is 21.8. The standard InChI is InChI=1S/C34H82N4O14Si4/c1-7-11-36-14-15-38-56(6,41)52-55(5,51-53(2,3)50-54(4,40)33-8-12-37-13-10-35)34-9-17-42-19-21-44-23-25-46-27-29-48-31-32-49-30-28-47-26-24-45-22-20-43-18-16-39/h36-41H,7-35H2,1-6H3. The molecule has 18 nitrogen and oxygen atoms in total. The van der Waals surface area contributed by atoms with Crippen LogP contribution in [0.15, 0.2) is 0 Å². The Morgan fingerprint density at radius 2 is 0.929 bits per heavy atom. The van der Waals surface area contributed by atoms with Crippen molar-refractivity contribution in [1.82, 2.24) is 15.6 Å². The van der Waals surface area contributed by atoms with Crippen molar-refractivity contribution in [2.45, 2.75) is 71.0 Å². The van der Waals surface area contributed by atoms with E-state index >= 15 is 0 Å². The predicted octanol–water partition coefficient (Wildman–Crippen LogP) is 0.478. The molecule has 3 atom stereocenters. The van der Waals surface area contributed by atoms with Crippen LogP contribution in [-0.4, -0.2) is 201 Å². The molecule has 0 saturated carbocycles. The lowest BCUT2D eigenvalue weighted by molar-refractivity contribution is -0.0238. The van der Waals surface area contributed by atoms with Gasteiger partial charge in [0.15, 0.2) is 0 Å². The summed E-state index contributed by atoms with van der Waals surface area (Å²) in [5.41, 5.74) is 5.55. The lowest BCUT2D eigenvalue weighted by Crippen LogP contribution is -2.63. The summed E-state index contributed by atoms with van der Waals surface area (Å²) in [5.74, 6) is 0. The van der Waals surface area contributed by atoms with E-state index in [-0.39, 0.29) is 6.61 Å². The Morgan fingerprint density at radius 3 is 1.38 bits per heavy atom. The first kappa shape index (κ1) is 56.1. The first-order chi connectivity index (χ1) is 26.8. The minimum absolute atomic E-state index is 0.0162. The van der Waals surface area contributed by atoms with Gasteiger partial charge in [-0.15, -0.1) is 0 Å². The van der Waals surface area contributed by atoms with E-state index in [0.717, 1.165) is 39.0 Å². The summed E-state index contributed by atoms with van der Waals surface area (Å²) < 4.78 is 63.5. The van der Waals surface area contributed by atoms with Crippen molar-refractivity contribution < 1.29 is 64.9 Å². The molecule has 0 radical (unpaired) electrons. The molecule has 3 unspecified atom stereocenters. The average molecular weight is 883 g/mol. The van der Waals surface area contributed by atoms with Crippen molar-refractivity contribution >= 4 is 34.4 Å². The van der Waals surface area contributed by atoms with Gasteiger partial charge in [-0.05, 0) is 77.2 Å². The molecule has 0 saturated heterocycles. The molecule has 0 aliphatic heterocycles. The van der Waals surface area contributed by atoms with Crippen molar-refractivity contribution in [3.63, 3.8) is 0 Å². The maximum absolute atomic E-state index is 11.3. The molecule has 0 heterocycles. The van der Waals surface area contributed by atoms with Gasteiger partial charge in [0.25, 0.3) is 0 Å². The summed E-state index contributed by atoms with van der Waals surface area (Å²) in [6, 6.07) is 1.17. The van der Waals surface area contributed by atoms with Crippen LogP contribution in [0.3, 0.4) is 0 Å². The Kier molecular flexibility index (Phi) is 37.1. The van der Waals surface area contributed by atoms with Crippen LogP contribution >= 0.6 is 0 Å². The topological polar surface area (TPSA) is 224 Å². The van der Waals surface area contributed by atoms with Gasteiger partial charge in [-0.3, -0.25) is 4.98 Å². The Hall–Kier alpha value is 0.148. The number of nitrogens with one attached hydrogen (secondary N) is 3. The number of rotatable bonds is 45. The normalized spacial score (nSPS) is 15.5. The minimum Gasteiger partial charge on any atom is -0.416 e. The summed E-state index contributed by atoms with van der Waals surface area (Å²) in [7, 11) is -12.1. The third kappa shape index (κ3) is 38.4. The van der Waals surface area contributed by atoms with E-state index in [0.29, 0.717) is 137 Å². The molecule has 0 spiro atoms. The third-order valence-electron chi connectivity index (χ3n) is 7.60. The fourth-order valence-electron chi connectivity index (χ4n) is 5.36. The maximum atomic E-state index is 11.3. The van der Waals surface area contributed by atoms with Crippen LogP contribution in [0.5, 0.6) is 0 Å². The van der Waals surface area contributed by atoms with Crippen molar-refractivity contribution in [3.8, 4) is 0 Å². The van der Waals surface area contributed by atoms with Gasteiger partial charge >= 0.3 is 34.4 Å². The van der Waals surface area contributed by atoms with Gasteiger partial charge < -0.3 is 81.3 Å². The van der Waals surface area contributed by atoms with Gasteiger partial charge in [0.2, 0.25) is 0 Å². The van der Waals surface area contributed by atoms with Crippen LogP contribution in [0.25, 0.3) is 0 Å². The van der Waals surface area contributed by atoms with Gasteiger partial charge in [0, 0.05) is 32.8 Å². The lowest BCUT2D eigenvalue weighted by Gasteiger charge is -2.41. The second-order valence-corrected chi connectivity index (χ2v) is 27.2. The highest BCUT2D eigenvalue weighted by Gasteiger charge is 2.48. The molecule has 56 heavy (non-hydrogen) atoms. The number of ether oxygens (including phenoxy) is 8. The molecule has 0 amide bonds. The Labute approximate surface area is 342 Å². The largest absolute Gasteiger partial charge is 0.416 e. The van der Waals surface area contributed by atoms with E-state index in [1.807, 2.05) is 19.6 Å². The molecule has 0 aromatic carbocycles. The molecule has 0 aromatic heterocycles. The number of nitrogens with two attached hydrogens (primary N) is 1. The van der Waals surface area contributed by atoms with Crippen molar-refractivity contribution in [2.24, 2.45) is 5.73 Å². The number of aliphatic hydroxyl groups is 1. The van der Waals surface area contributed by atoms with Crippen LogP contribution in [0.2, 0.25) is 44.8 Å². The van der Waals surface area contributed by atoms with Gasteiger partial charge in [-0.25, -0.2) is 0 Å². The monoisotopic (exact) mass is 882 g/mol. The van der Waals surface area contributed by atoms with Crippen LogP contribution in [0.1, 0.15) is 26.2 Å². The summed E-state index contributed by atoms with van der Waals surface area (Å²) in [6.45, 7) is 23.3. The van der Waals surface area contributed by atoms with Gasteiger partial charge in [-0.2, -0.15) is 0 Å². The zero-order chi connectivity index (χ0) is 41.7. The molecule has 0 bridgehead atoms. The van der Waals surface area contributed by atoms with E-state index in [1.54, 1.807) is 13.1 Å². The van der Waals surface area contributed by atoms with E-state index in [4.69, 9.17) is 61.1 Å². The molecular formula is C34H82N4O14Si4. The summed E-state index contributed by atoms with van der Waals surface area (Å²) in [5, 5.41) is 15.2. The molecule has 0 aliphatic carbocycles. The molecule has 0 rings (SSSR count). The van der Waals surface area contributed by atoms with E-state index in [2.05, 4.69) is 22.5 Å². The second kappa shape index (κ2) is 37.0. The van der Waals surface area contributed by atoms with Gasteiger partial charge in [-0.1, -0.05) is 6.92 Å². The first-order valence-corrected chi connectivity index (χ1v) is 30.7. The Balaban J connectivity index is 4.26. The molecule has 0 aliphatic rings. The predicted molar refractivity (Wildman–Crippen MR) is 226 cm³/mol. The van der Waals surface area contributed by atoms with Crippen molar-refractivity contribution in [1.29, 1.82) is 0 Å². The van der Waals surface area contributed by atoms with E-state index < -0.39 is 34.4 Å². The first-order valence-electron chi connectivity index (χ1n) is 20.4. The van der Waals surface area contributed by atoms with Crippen LogP contribution < -0.4 is 21.3 Å². The fraction of sp³-hybridized carbons (Fsp3) is 1.00.